The van der Waals surface area contributed by atoms with E-state index < -0.39 is 0 Å². The maximum atomic E-state index is 12.8. The molecule has 5 nitrogen and oxygen atoms in total. The zero-order valence-corrected chi connectivity index (χ0v) is 15.6. The van der Waals surface area contributed by atoms with Gasteiger partial charge >= 0.3 is 5.69 Å². The number of pyridine rings is 1. The van der Waals surface area contributed by atoms with Crippen LogP contribution < -0.4 is 11.2 Å². The van der Waals surface area contributed by atoms with Crippen LogP contribution >= 0.6 is 22.7 Å². The third-order valence-corrected chi connectivity index (χ3v) is 6.23. The Morgan fingerprint density at radius 1 is 1.04 bits per heavy atom. The minimum Gasteiger partial charge on any atom is -0.280 e. The topological polar surface area (TPSA) is 56.9 Å². The molecule has 0 spiro atoms. The molecule has 25 heavy (non-hydrogen) atoms. The maximum absolute atomic E-state index is 12.8. The Balaban J connectivity index is 2.24. The van der Waals surface area contributed by atoms with Crippen molar-refractivity contribution >= 4 is 33.7 Å². The summed E-state index contributed by atoms with van der Waals surface area (Å²) < 4.78 is 2.58. The third-order valence-electron chi connectivity index (χ3n) is 4.29. The van der Waals surface area contributed by atoms with Crippen LogP contribution in [0.1, 0.15) is 5.56 Å². The van der Waals surface area contributed by atoms with E-state index in [1.807, 2.05) is 41.9 Å². The van der Waals surface area contributed by atoms with E-state index in [1.54, 1.807) is 29.7 Å². The number of aromatic nitrogens is 3. The fourth-order valence-corrected chi connectivity index (χ4v) is 4.57. The molecule has 0 bridgehead atoms. The highest BCUT2D eigenvalue weighted by atomic mass is 32.1. The molecule has 0 amide bonds. The fraction of sp³-hybridized carbons (Fsp3) is 0.167. The molecule has 0 N–H and O–H groups in total. The largest absolute Gasteiger partial charge is 0.332 e. The van der Waals surface area contributed by atoms with Gasteiger partial charge in [-0.2, -0.15) is 0 Å². The number of hydrogen-bond donors (Lipinski definition) is 0. The van der Waals surface area contributed by atoms with Crippen LogP contribution in [0.4, 0.5) is 0 Å². The van der Waals surface area contributed by atoms with Crippen molar-refractivity contribution in [2.24, 2.45) is 14.1 Å². The molecular weight excluding hydrogens is 354 g/mol. The van der Waals surface area contributed by atoms with Crippen LogP contribution in [-0.4, -0.2) is 14.1 Å². The predicted molar refractivity (Wildman–Crippen MR) is 104 cm³/mol. The van der Waals surface area contributed by atoms with Gasteiger partial charge in [-0.05, 0) is 41.4 Å². The molecule has 0 aliphatic rings. The number of fused-ring (bicyclic) bond motifs is 1. The van der Waals surface area contributed by atoms with Crippen molar-refractivity contribution in [3.8, 4) is 21.0 Å². The fourth-order valence-electron chi connectivity index (χ4n) is 2.93. The summed E-state index contributed by atoms with van der Waals surface area (Å²) in [5, 5.41) is 4.48. The second-order valence-corrected chi connectivity index (χ2v) is 7.73. The molecule has 0 saturated heterocycles. The van der Waals surface area contributed by atoms with Crippen LogP contribution in [0.2, 0.25) is 0 Å². The number of thiophene rings is 2. The van der Waals surface area contributed by atoms with Gasteiger partial charge in [0.2, 0.25) is 0 Å². The van der Waals surface area contributed by atoms with Crippen LogP contribution in [0.15, 0.2) is 44.6 Å². The van der Waals surface area contributed by atoms with Crippen molar-refractivity contribution in [2.75, 3.05) is 0 Å². The Bertz CT molecular complexity index is 1210. The van der Waals surface area contributed by atoms with Gasteiger partial charge in [0.15, 0.2) is 5.65 Å². The monoisotopic (exact) mass is 369 g/mol. The standard InChI is InChI=1S/C18H15N3O2S2/c1-10-6-8-25-15(10)11-9-12(13-5-4-7-24-13)19-16-14(11)17(22)21(3)18(23)20(16)2/h4-9H,1-3H3. The summed E-state index contributed by atoms with van der Waals surface area (Å²) >= 11 is 3.17. The molecule has 0 aliphatic heterocycles. The van der Waals surface area contributed by atoms with E-state index in [-0.39, 0.29) is 11.2 Å². The molecule has 4 rings (SSSR count). The van der Waals surface area contributed by atoms with E-state index in [0.29, 0.717) is 11.0 Å². The number of rotatable bonds is 2. The lowest BCUT2D eigenvalue weighted by Crippen LogP contribution is -2.37. The summed E-state index contributed by atoms with van der Waals surface area (Å²) in [5.41, 5.74) is 2.44. The van der Waals surface area contributed by atoms with Crippen LogP contribution in [0.5, 0.6) is 0 Å². The van der Waals surface area contributed by atoms with Gasteiger partial charge in [0, 0.05) is 24.5 Å². The highest BCUT2D eigenvalue weighted by Crippen LogP contribution is 2.36. The molecule has 7 heteroatoms. The van der Waals surface area contributed by atoms with E-state index in [0.717, 1.165) is 31.1 Å². The Morgan fingerprint density at radius 2 is 1.84 bits per heavy atom. The van der Waals surface area contributed by atoms with Crippen LogP contribution in [0.25, 0.3) is 32.0 Å². The lowest BCUT2D eigenvalue weighted by Gasteiger charge is -2.12. The van der Waals surface area contributed by atoms with Gasteiger partial charge in [0.1, 0.15) is 0 Å². The zero-order chi connectivity index (χ0) is 17.7. The minimum atomic E-state index is -0.373. The molecule has 0 radical (unpaired) electrons. The van der Waals surface area contributed by atoms with Crippen LogP contribution in [-0.2, 0) is 14.1 Å². The summed E-state index contributed by atoms with van der Waals surface area (Å²) in [7, 11) is 3.16. The second kappa shape index (κ2) is 5.79. The first-order chi connectivity index (χ1) is 12.0. The normalized spacial score (nSPS) is 11.3. The van der Waals surface area contributed by atoms with Crippen LogP contribution in [0.3, 0.4) is 0 Å². The van der Waals surface area contributed by atoms with Gasteiger partial charge in [-0.3, -0.25) is 13.9 Å². The van der Waals surface area contributed by atoms with E-state index in [1.165, 1.54) is 11.6 Å². The summed E-state index contributed by atoms with van der Waals surface area (Å²) in [5.74, 6) is 0. The predicted octanol–water partition coefficient (Wildman–Crippen LogP) is 3.40. The van der Waals surface area contributed by atoms with E-state index in [9.17, 15) is 9.59 Å². The summed E-state index contributed by atoms with van der Waals surface area (Å²) in [4.78, 5) is 31.9. The van der Waals surface area contributed by atoms with Gasteiger partial charge in [0.25, 0.3) is 5.56 Å². The quantitative estimate of drug-likeness (QED) is 0.544. The molecule has 4 aromatic rings. The molecule has 0 aromatic carbocycles. The van der Waals surface area contributed by atoms with Crippen LogP contribution in [0, 0.1) is 6.92 Å². The maximum Gasteiger partial charge on any atom is 0.332 e. The average molecular weight is 369 g/mol. The highest BCUT2D eigenvalue weighted by Gasteiger charge is 2.19. The highest BCUT2D eigenvalue weighted by molar-refractivity contribution is 7.14. The molecule has 126 valence electrons. The molecule has 0 aliphatic carbocycles. The Kier molecular flexibility index (Phi) is 3.70. The van der Waals surface area contributed by atoms with Gasteiger partial charge < -0.3 is 0 Å². The zero-order valence-electron chi connectivity index (χ0n) is 13.9. The first-order valence-electron chi connectivity index (χ1n) is 7.68. The van der Waals surface area contributed by atoms with Gasteiger partial charge in [0.05, 0.1) is 16.0 Å². The van der Waals surface area contributed by atoms with Crippen molar-refractivity contribution in [1.29, 1.82) is 0 Å². The molecule has 0 fully saturated rings. The molecule has 4 heterocycles. The summed E-state index contributed by atoms with van der Waals surface area (Å²) in [6, 6.07) is 7.94. The molecule has 0 saturated carbocycles. The van der Waals surface area contributed by atoms with E-state index in [4.69, 9.17) is 0 Å². The number of hydrogen-bond acceptors (Lipinski definition) is 5. The molecule has 4 aromatic heterocycles. The number of aryl methyl sites for hydroxylation is 2. The number of nitrogens with zero attached hydrogens (tertiary/aromatic N) is 3. The summed E-state index contributed by atoms with van der Waals surface area (Å²) in [6.45, 7) is 2.02. The smallest absolute Gasteiger partial charge is 0.280 e. The lowest BCUT2D eigenvalue weighted by atomic mass is 10.1. The summed E-state index contributed by atoms with van der Waals surface area (Å²) in [6.07, 6.45) is 0. The van der Waals surface area contributed by atoms with Gasteiger partial charge in [-0.15, -0.1) is 22.7 Å². The first-order valence-corrected chi connectivity index (χ1v) is 9.44. The Morgan fingerprint density at radius 3 is 2.48 bits per heavy atom. The lowest BCUT2D eigenvalue weighted by molar-refractivity contribution is 0.708. The van der Waals surface area contributed by atoms with Crippen molar-refractivity contribution in [3.05, 3.63) is 61.4 Å². The van der Waals surface area contributed by atoms with Crippen molar-refractivity contribution in [3.63, 3.8) is 0 Å². The SMILES string of the molecule is Cc1ccsc1-c1cc(-c2cccs2)nc2c1c(=O)n(C)c(=O)n2C. The molecule has 0 unspecified atom stereocenters. The van der Waals surface area contributed by atoms with Gasteiger partial charge in [-0.1, -0.05) is 6.07 Å². The van der Waals surface area contributed by atoms with Crippen molar-refractivity contribution < 1.29 is 0 Å². The van der Waals surface area contributed by atoms with E-state index >= 15 is 0 Å². The van der Waals surface area contributed by atoms with Crippen molar-refractivity contribution in [1.82, 2.24) is 14.1 Å². The average Bonchev–Trinajstić information content (AvgIpc) is 3.28. The van der Waals surface area contributed by atoms with Crippen molar-refractivity contribution in [2.45, 2.75) is 6.92 Å². The molecular formula is C18H15N3O2S2. The van der Waals surface area contributed by atoms with E-state index in [2.05, 4.69) is 4.98 Å². The van der Waals surface area contributed by atoms with Gasteiger partial charge in [-0.25, -0.2) is 9.78 Å². The Labute approximate surface area is 151 Å². The minimum absolute atomic E-state index is 0.314. The second-order valence-electron chi connectivity index (χ2n) is 5.87. The first kappa shape index (κ1) is 16.0. The molecule has 0 atom stereocenters. The third kappa shape index (κ3) is 2.39. The Hall–Kier alpha value is -2.51.